The molecule has 2 rings (SSSR count). The van der Waals surface area contributed by atoms with Crippen LogP contribution in [0.3, 0.4) is 0 Å². The molecule has 1 aromatic carbocycles. The van der Waals surface area contributed by atoms with Crippen LogP contribution in [-0.2, 0) is 19.4 Å². The van der Waals surface area contributed by atoms with Crippen LogP contribution >= 0.6 is 23.1 Å². The van der Waals surface area contributed by atoms with Gasteiger partial charge in [-0.2, -0.15) is 5.26 Å². The van der Waals surface area contributed by atoms with E-state index in [1.54, 1.807) is 32.0 Å². The number of thiocyanates is 1. The van der Waals surface area contributed by atoms with Gasteiger partial charge in [0.2, 0.25) is 5.91 Å². The van der Waals surface area contributed by atoms with E-state index in [1.165, 1.54) is 12.1 Å². The van der Waals surface area contributed by atoms with Gasteiger partial charge in [0.1, 0.15) is 21.0 Å². The number of nitrogens with zero attached hydrogens (tertiary/aromatic N) is 1. The van der Waals surface area contributed by atoms with Gasteiger partial charge >= 0.3 is 5.97 Å². The molecule has 142 valence electrons. The lowest BCUT2D eigenvalue weighted by molar-refractivity contribution is -0.113. The first kappa shape index (κ1) is 21.0. The maximum atomic E-state index is 12.3. The summed E-state index contributed by atoms with van der Waals surface area (Å²) in [6.45, 7) is 3.50. The normalized spacial score (nSPS) is 10.9. The van der Waals surface area contributed by atoms with Crippen molar-refractivity contribution in [3.8, 4) is 5.40 Å². The van der Waals surface area contributed by atoms with Gasteiger partial charge in [-0.15, -0.1) is 11.3 Å². The van der Waals surface area contributed by atoms with E-state index in [0.29, 0.717) is 10.5 Å². The highest BCUT2D eigenvalue weighted by molar-refractivity contribution is 8.04. The average molecular weight is 425 g/mol. The largest absolute Gasteiger partial charge is 0.462 e. The van der Waals surface area contributed by atoms with Crippen molar-refractivity contribution in [2.24, 2.45) is 0 Å². The second-order valence-corrected chi connectivity index (χ2v) is 9.05. The van der Waals surface area contributed by atoms with Crippen LogP contribution in [0.2, 0.25) is 0 Å². The number of thiophene rings is 1. The molecule has 1 heterocycles. The second kappa shape index (κ2) is 9.03. The highest BCUT2D eigenvalue weighted by atomic mass is 32.2. The van der Waals surface area contributed by atoms with Gasteiger partial charge in [-0.05, 0) is 43.3 Å². The highest BCUT2D eigenvalue weighted by Crippen LogP contribution is 2.40. The first-order valence-corrected chi connectivity index (χ1v) is 11.0. The van der Waals surface area contributed by atoms with Gasteiger partial charge in [0.25, 0.3) is 0 Å². The molecule has 0 saturated carbocycles. The predicted molar refractivity (Wildman–Crippen MR) is 104 cm³/mol. The summed E-state index contributed by atoms with van der Waals surface area (Å²) < 4.78 is 29.6. The molecule has 0 aliphatic carbocycles. The first-order chi connectivity index (χ1) is 12.8. The Morgan fingerprint density at radius 3 is 2.56 bits per heavy atom. The molecule has 0 fully saturated rings. The van der Waals surface area contributed by atoms with E-state index in [1.807, 2.05) is 5.40 Å². The number of nitriles is 1. The molecular formula is C17H16N2O5S3. The van der Waals surface area contributed by atoms with Crippen molar-refractivity contribution in [2.45, 2.75) is 23.6 Å². The lowest BCUT2D eigenvalue weighted by Crippen LogP contribution is -2.22. The van der Waals surface area contributed by atoms with Crippen molar-refractivity contribution in [2.75, 3.05) is 17.7 Å². The Labute approximate surface area is 165 Å². The number of hydrogen-bond acceptors (Lipinski definition) is 8. The van der Waals surface area contributed by atoms with E-state index in [4.69, 9.17) is 10.00 Å². The number of amides is 1. The molecule has 0 unspecified atom stereocenters. The fraction of sp³-hybridized carbons (Fsp3) is 0.235. The maximum absolute atomic E-state index is 12.3. The molecule has 1 aromatic heterocycles. The third-order valence-electron chi connectivity index (χ3n) is 3.38. The number of nitrogens with one attached hydrogen (secondary N) is 1. The summed E-state index contributed by atoms with van der Waals surface area (Å²) in [5.41, 5.74) is 0.506. The summed E-state index contributed by atoms with van der Waals surface area (Å²) in [6, 6.07) is 7.64. The molecule has 7 nitrogen and oxygen atoms in total. The molecule has 0 aliphatic rings. The molecule has 0 radical (unpaired) electrons. The predicted octanol–water partition coefficient (Wildman–Crippen LogP) is 3.22. The molecule has 0 bridgehead atoms. The fourth-order valence-corrected chi connectivity index (χ4v) is 5.16. The van der Waals surface area contributed by atoms with Crippen LogP contribution in [0.15, 0.2) is 40.1 Å². The number of carbonyl (C=O) groups excluding carboxylic acids is 2. The summed E-state index contributed by atoms with van der Waals surface area (Å²) in [6.07, 6.45) is 0. The zero-order valence-electron chi connectivity index (χ0n) is 14.5. The molecule has 0 spiro atoms. The standard InChI is InChI=1S/C17H16N2O5S3/c1-3-24-17(21)15-11(2)14(25-10-18)16(26-15)19-13(20)9-27(22,23)12-7-5-4-6-8-12/h4-8H,3,9H2,1-2H3,(H,19,20). The van der Waals surface area contributed by atoms with Gasteiger partial charge < -0.3 is 10.1 Å². The summed E-state index contributed by atoms with van der Waals surface area (Å²) in [7, 11) is -3.80. The molecule has 27 heavy (non-hydrogen) atoms. The van der Waals surface area contributed by atoms with Crippen LogP contribution in [0.4, 0.5) is 5.00 Å². The molecule has 0 atom stereocenters. The lowest BCUT2D eigenvalue weighted by atomic mass is 10.3. The molecule has 0 aliphatic heterocycles. The van der Waals surface area contributed by atoms with Crippen molar-refractivity contribution in [3.05, 3.63) is 40.8 Å². The van der Waals surface area contributed by atoms with Crippen LogP contribution in [0, 0.1) is 17.6 Å². The van der Waals surface area contributed by atoms with Crippen molar-refractivity contribution in [1.82, 2.24) is 0 Å². The van der Waals surface area contributed by atoms with Crippen LogP contribution in [0.1, 0.15) is 22.2 Å². The van der Waals surface area contributed by atoms with Crippen molar-refractivity contribution < 1.29 is 22.7 Å². The first-order valence-electron chi connectivity index (χ1n) is 7.74. The van der Waals surface area contributed by atoms with Gasteiger partial charge in [-0.3, -0.25) is 4.79 Å². The summed E-state index contributed by atoms with van der Waals surface area (Å²) in [5, 5.41) is 13.6. The second-order valence-electron chi connectivity index (χ2n) is 5.25. The Bertz CT molecular complexity index is 992. The van der Waals surface area contributed by atoms with Gasteiger partial charge in [-0.25, -0.2) is 13.2 Å². The van der Waals surface area contributed by atoms with Crippen LogP contribution in [-0.4, -0.2) is 32.7 Å². The van der Waals surface area contributed by atoms with Gasteiger partial charge in [0, 0.05) is 0 Å². The number of thioether (sulfide) groups is 1. The Morgan fingerprint density at radius 1 is 1.30 bits per heavy atom. The SMILES string of the molecule is CCOC(=O)c1sc(NC(=O)CS(=O)(=O)c2ccccc2)c(SC#N)c1C. The van der Waals surface area contributed by atoms with Crippen molar-refractivity contribution >= 4 is 49.8 Å². The van der Waals surface area contributed by atoms with E-state index >= 15 is 0 Å². The third-order valence-corrected chi connectivity index (χ3v) is 7.13. The van der Waals surface area contributed by atoms with Crippen LogP contribution < -0.4 is 5.32 Å². The minimum absolute atomic E-state index is 0.0429. The zero-order valence-corrected chi connectivity index (χ0v) is 17.0. The highest BCUT2D eigenvalue weighted by Gasteiger charge is 2.25. The third kappa shape index (κ3) is 5.09. The van der Waals surface area contributed by atoms with E-state index in [0.717, 1.165) is 23.1 Å². The fourth-order valence-electron chi connectivity index (χ4n) is 2.19. The number of sulfone groups is 1. The number of hydrogen-bond donors (Lipinski definition) is 1. The Hall–Kier alpha value is -2.35. The number of rotatable bonds is 7. The molecule has 1 amide bonds. The molecule has 2 aromatic rings. The monoisotopic (exact) mass is 424 g/mol. The summed E-state index contributed by atoms with van der Waals surface area (Å²) in [4.78, 5) is 25.0. The number of benzene rings is 1. The Balaban J connectivity index is 2.25. The van der Waals surface area contributed by atoms with Gasteiger partial charge in [0.15, 0.2) is 9.84 Å². The van der Waals surface area contributed by atoms with Crippen molar-refractivity contribution in [3.63, 3.8) is 0 Å². The van der Waals surface area contributed by atoms with E-state index in [9.17, 15) is 18.0 Å². The van der Waals surface area contributed by atoms with Crippen molar-refractivity contribution in [1.29, 1.82) is 5.26 Å². The zero-order chi connectivity index (χ0) is 20.0. The molecule has 10 heteroatoms. The molecular weight excluding hydrogens is 408 g/mol. The van der Waals surface area contributed by atoms with Crippen LogP contribution in [0.5, 0.6) is 0 Å². The smallest absolute Gasteiger partial charge is 0.348 e. The molecule has 0 saturated heterocycles. The number of carbonyl (C=O) groups is 2. The minimum Gasteiger partial charge on any atom is -0.462 e. The quantitative estimate of drug-likeness (QED) is 0.412. The Kier molecular flexibility index (Phi) is 7.01. The van der Waals surface area contributed by atoms with Crippen LogP contribution in [0.25, 0.3) is 0 Å². The van der Waals surface area contributed by atoms with E-state index < -0.39 is 27.5 Å². The summed E-state index contributed by atoms with van der Waals surface area (Å²) >= 11 is 1.74. The average Bonchev–Trinajstić information content (AvgIpc) is 2.92. The number of anilines is 1. The summed E-state index contributed by atoms with van der Waals surface area (Å²) in [5.74, 6) is -2.06. The number of esters is 1. The van der Waals surface area contributed by atoms with Gasteiger partial charge in [-0.1, -0.05) is 18.2 Å². The van der Waals surface area contributed by atoms with E-state index in [2.05, 4.69) is 5.32 Å². The lowest BCUT2D eigenvalue weighted by Gasteiger charge is -2.06. The maximum Gasteiger partial charge on any atom is 0.348 e. The topological polar surface area (TPSA) is 113 Å². The molecule has 1 N–H and O–H groups in total. The minimum atomic E-state index is -3.80. The Morgan fingerprint density at radius 2 is 1.96 bits per heavy atom. The van der Waals surface area contributed by atoms with E-state index in [-0.39, 0.29) is 21.4 Å². The number of ether oxygens (including phenoxy) is 1. The van der Waals surface area contributed by atoms with Gasteiger partial charge in [0.05, 0.1) is 16.4 Å².